The molecular weight excluding hydrogens is 212 g/mol. The van der Waals surface area contributed by atoms with Crippen molar-refractivity contribution in [1.82, 2.24) is 15.0 Å². The van der Waals surface area contributed by atoms with E-state index in [1.807, 2.05) is 30.6 Å². The molecule has 0 aliphatic carbocycles. The second-order valence-electron chi connectivity index (χ2n) is 3.74. The highest BCUT2D eigenvalue weighted by Crippen LogP contribution is 2.26. The molecule has 82 valence electrons. The molecule has 0 bridgehead atoms. The largest absolute Gasteiger partial charge is 0.368 e. The minimum Gasteiger partial charge on any atom is -0.368 e. The number of nitrogen functional groups attached to an aromatic ring is 1. The van der Waals surface area contributed by atoms with Crippen LogP contribution in [0.25, 0.3) is 21.9 Å². The Labute approximate surface area is 98.2 Å². The van der Waals surface area contributed by atoms with Gasteiger partial charge in [0.05, 0.1) is 0 Å². The third-order valence-corrected chi connectivity index (χ3v) is 2.65. The zero-order valence-electron chi connectivity index (χ0n) is 9.04. The van der Waals surface area contributed by atoms with E-state index in [9.17, 15) is 0 Å². The van der Waals surface area contributed by atoms with Crippen LogP contribution < -0.4 is 5.73 Å². The van der Waals surface area contributed by atoms with Gasteiger partial charge in [-0.05, 0) is 5.39 Å². The van der Waals surface area contributed by atoms with Gasteiger partial charge in [0.25, 0.3) is 0 Å². The molecule has 0 spiro atoms. The molecule has 17 heavy (non-hydrogen) atoms. The van der Waals surface area contributed by atoms with Crippen molar-refractivity contribution in [3.8, 4) is 11.1 Å². The molecule has 0 saturated heterocycles. The van der Waals surface area contributed by atoms with Crippen LogP contribution in [-0.4, -0.2) is 15.0 Å². The minimum absolute atomic E-state index is 0.280. The normalized spacial score (nSPS) is 10.6. The standard InChI is InChI=1S/C13H10N4/c14-13-16-6-10(7-17-13)12-8-15-5-9-3-1-2-4-11(9)12/h1-8H,(H2,14,16,17). The number of hydrogen-bond acceptors (Lipinski definition) is 4. The van der Waals surface area contributed by atoms with Crippen LogP contribution in [0.4, 0.5) is 5.95 Å². The molecule has 0 aliphatic rings. The van der Waals surface area contributed by atoms with E-state index in [1.165, 1.54) is 0 Å². The Morgan fingerprint density at radius 1 is 0.882 bits per heavy atom. The van der Waals surface area contributed by atoms with Crippen molar-refractivity contribution in [2.24, 2.45) is 0 Å². The van der Waals surface area contributed by atoms with Gasteiger partial charge in [-0.15, -0.1) is 0 Å². The first-order chi connectivity index (χ1) is 8.34. The van der Waals surface area contributed by atoms with Crippen LogP contribution in [0.3, 0.4) is 0 Å². The number of benzene rings is 1. The summed E-state index contributed by atoms with van der Waals surface area (Å²) in [5.74, 6) is 0.280. The SMILES string of the molecule is Nc1ncc(-c2cncc3ccccc23)cn1. The van der Waals surface area contributed by atoms with Gasteiger partial charge in [0, 0.05) is 41.3 Å². The second-order valence-corrected chi connectivity index (χ2v) is 3.74. The Balaban J connectivity index is 2.27. The minimum atomic E-state index is 0.280. The fourth-order valence-corrected chi connectivity index (χ4v) is 1.82. The predicted octanol–water partition coefficient (Wildman–Crippen LogP) is 2.27. The van der Waals surface area contributed by atoms with Crippen LogP contribution in [0.2, 0.25) is 0 Å². The lowest BCUT2D eigenvalue weighted by Gasteiger charge is -2.05. The summed E-state index contributed by atoms with van der Waals surface area (Å²) in [7, 11) is 0. The van der Waals surface area contributed by atoms with E-state index < -0.39 is 0 Å². The van der Waals surface area contributed by atoms with Gasteiger partial charge in [-0.1, -0.05) is 24.3 Å². The molecule has 4 nitrogen and oxygen atoms in total. The Bertz CT molecular complexity index is 656. The Kier molecular flexibility index (Phi) is 2.19. The molecule has 0 radical (unpaired) electrons. The summed E-state index contributed by atoms with van der Waals surface area (Å²) in [6.07, 6.45) is 7.09. The Morgan fingerprint density at radius 3 is 2.47 bits per heavy atom. The second kappa shape index (κ2) is 3.83. The zero-order chi connectivity index (χ0) is 11.7. The van der Waals surface area contributed by atoms with E-state index >= 15 is 0 Å². The molecule has 4 heteroatoms. The van der Waals surface area contributed by atoms with Gasteiger partial charge < -0.3 is 5.73 Å². The third-order valence-electron chi connectivity index (χ3n) is 2.65. The van der Waals surface area contributed by atoms with Gasteiger partial charge >= 0.3 is 0 Å². The van der Waals surface area contributed by atoms with Gasteiger partial charge in [0.15, 0.2) is 0 Å². The Hall–Kier alpha value is -2.49. The topological polar surface area (TPSA) is 64.7 Å². The van der Waals surface area contributed by atoms with E-state index in [-0.39, 0.29) is 5.95 Å². The first-order valence-corrected chi connectivity index (χ1v) is 5.25. The summed E-state index contributed by atoms with van der Waals surface area (Å²) in [4.78, 5) is 12.2. The number of hydrogen-bond donors (Lipinski definition) is 1. The maximum absolute atomic E-state index is 5.48. The molecular formula is C13H10N4. The summed E-state index contributed by atoms with van der Waals surface area (Å²) in [6.45, 7) is 0. The third kappa shape index (κ3) is 1.69. The monoisotopic (exact) mass is 222 g/mol. The van der Waals surface area contributed by atoms with Crippen LogP contribution in [0.15, 0.2) is 49.1 Å². The van der Waals surface area contributed by atoms with Crippen LogP contribution >= 0.6 is 0 Å². The van der Waals surface area contributed by atoms with E-state index in [0.29, 0.717) is 0 Å². The number of fused-ring (bicyclic) bond motifs is 1. The number of rotatable bonds is 1. The quantitative estimate of drug-likeness (QED) is 0.686. The van der Waals surface area contributed by atoms with E-state index in [1.54, 1.807) is 12.4 Å². The average molecular weight is 222 g/mol. The van der Waals surface area contributed by atoms with Crippen molar-refractivity contribution >= 4 is 16.7 Å². The smallest absolute Gasteiger partial charge is 0.219 e. The first kappa shape index (κ1) is 9.72. The van der Waals surface area contributed by atoms with Crippen LogP contribution in [0, 0.1) is 0 Å². The molecule has 0 unspecified atom stereocenters. The summed E-state index contributed by atoms with van der Waals surface area (Å²) >= 11 is 0. The molecule has 2 heterocycles. The average Bonchev–Trinajstić information content (AvgIpc) is 2.39. The number of pyridine rings is 1. The van der Waals surface area contributed by atoms with Crippen molar-refractivity contribution in [1.29, 1.82) is 0 Å². The zero-order valence-corrected chi connectivity index (χ0v) is 9.04. The summed E-state index contributed by atoms with van der Waals surface area (Å²) < 4.78 is 0. The van der Waals surface area contributed by atoms with Crippen molar-refractivity contribution in [3.05, 3.63) is 49.1 Å². The van der Waals surface area contributed by atoms with Crippen LogP contribution in [0.1, 0.15) is 0 Å². The summed E-state index contributed by atoms with van der Waals surface area (Å²) in [5, 5.41) is 2.23. The van der Waals surface area contributed by atoms with Crippen LogP contribution in [0.5, 0.6) is 0 Å². The molecule has 2 aromatic heterocycles. The van der Waals surface area contributed by atoms with E-state index in [2.05, 4.69) is 21.0 Å². The highest BCUT2D eigenvalue weighted by Gasteiger charge is 2.04. The van der Waals surface area contributed by atoms with Gasteiger partial charge in [-0.2, -0.15) is 0 Å². The van der Waals surface area contributed by atoms with Crippen molar-refractivity contribution in [2.45, 2.75) is 0 Å². The Morgan fingerprint density at radius 2 is 1.65 bits per heavy atom. The maximum atomic E-state index is 5.48. The lowest BCUT2D eigenvalue weighted by molar-refractivity contribution is 1.19. The molecule has 0 fully saturated rings. The number of aromatic nitrogens is 3. The highest BCUT2D eigenvalue weighted by molar-refractivity contribution is 5.95. The number of nitrogens with two attached hydrogens (primary N) is 1. The number of anilines is 1. The van der Waals surface area contributed by atoms with Crippen molar-refractivity contribution < 1.29 is 0 Å². The summed E-state index contributed by atoms with van der Waals surface area (Å²) in [6, 6.07) is 8.09. The highest BCUT2D eigenvalue weighted by atomic mass is 15.0. The molecule has 0 saturated carbocycles. The predicted molar refractivity (Wildman–Crippen MR) is 67.2 cm³/mol. The molecule has 1 aromatic carbocycles. The van der Waals surface area contributed by atoms with Gasteiger partial charge in [-0.25, -0.2) is 9.97 Å². The fourth-order valence-electron chi connectivity index (χ4n) is 1.82. The molecule has 0 atom stereocenters. The van der Waals surface area contributed by atoms with Gasteiger partial charge in [0.2, 0.25) is 5.95 Å². The van der Waals surface area contributed by atoms with Crippen molar-refractivity contribution in [3.63, 3.8) is 0 Å². The maximum Gasteiger partial charge on any atom is 0.219 e. The molecule has 3 rings (SSSR count). The summed E-state index contributed by atoms with van der Waals surface area (Å²) in [5.41, 5.74) is 7.42. The molecule has 3 aromatic rings. The van der Waals surface area contributed by atoms with Crippen molar-refractivity contribution in [2.75, 3.05) is 5.73 Å². The number of nitrogens with zero attached hydrogens (tertiary/aromatic N) is 3. The molecule has 0 aliphatic heterocycles. The lowest BCUT2D eigenvalue weighted by Crippen LogP contribution is -1.94. The molecule has 2 N–H and O–H groups in total. The molecule has 0 amide bonds. The van der Waals surface area contributed by atoms with Gasteiger partial charge in [0.1, 0.15) is 0 Å². The first-order valence-electron chi connectivity index (χ1n) is 5.25. The van der Waals surface area contributed by atoms with E-state index in [0.717, 1.165) is 21.9 Å². The fraction of sp³-hybridized carbons (Fsp3) is 0. The van der Waals surface area contributed by atoms with Gasteiger partial charge in [-0.3, -0.25) is 4.98 Å². The lowest BCUT2D eigenvalue weighted by atomic mass is 10.0. The van der Waals surface area contributed by atoms with E-state index in [4.69, 9.17) is 5.73 Å². The van der Waals surface area contributed by atoms with Crippen LogP contribution in [-0.2, 0) is 0 Å².